The van der Waals surface area contributed by atoms with E-state index in [2.05, 4.69) is 66.2 Å². The van der Waals surface area contributed by atoms with E-state index in [1.807, 2.05) is 24.3 Å². The lowest BCUT2D eigenvalue weighted by atomic mass is 9.99. The minimum atomic E-state index is -0.0197. The standard InChI is InChI=1S/C33H48N4O2/c1-4-35-23-30(21-26-10-8-7-9-11-26)37(6-3)25-31(22-28-14-18-33(39)19-15-28)36(5-2)24-29(34)20-27-12-16-32(38)17-13-27/h7-19,29-31,35,38-39H,4-6,20-25,34H2,1-3H3. The van der Waals surface area contributed by atoms with Gasteiger partial charge < -0.3 is 21.3 Å². The quantitative estimate of drug-likeness (QED) is 0.206. The van der Waals surface area contributed by atoms with Crippen LogP contribution in [0.1, 0.15) is 37.5 Å². The number of nitrogens with two attached hydrogens (primary N) is 1. The van der Waals surface area contributed by atoms with Gasteiger partial charge in [0.1, 0.15) is 11.5 Å². The van der Waals surface area contributed by atoms with Gasteiger partial charge >= 0.3 is 0 Å². The molecule has 3 aromatic carbocycles. The summed E-state index contributed by atoms with van der Waals surface area (Å²) in [5.41, 5.74) is 10.4. The Balaban J connectivity index is 1.80. The topological polar surface area (TPSA) is 85.0 Å². The van der Waals surface area contributed by atoms with E-state index >= 15 is 0 Å². The van der Waals surface area contributed by atoms with E-state index in [-0.39, 0.29) is 17.8 Å². The monoisotopic (exact) mass is 532 g/mol. The van der Waals surface area contributed by atoms with Gasteiger partial charge in [-0.3, -0.25) is 9.80 Å². The first kappa shape index (κ1) is 30.6. The summed E-state index contributed by atoms with van der Waals surface area (Å²) < 4.78 is 0. The normalized spacial score (nSPS) is 14.0. The van der Waals surface area contributed by atoms with Crippen molar-refractivity contribution in [2.45, 2.75) is 58.2 Å². The lowest BCUT2D eigenvalue weighted by molar-refractivity contribution is 0.110. The lowest BCUT2D eigenvalue weighted by Gasteiger charge is -2.39. The fraction of sp³-hybridized carbons (Fsp3) is 0.455. The van der Waals surface area contributed by atoms with Crippen molar-refractivity contribution in [2.24, 2.45) is 5.73 Å². The zero-order valence-electron chi connectivity index (χ0n) is 24.0. The molecule has 3 rings (SSSR count). The van der Waals surface area contributed by atoms with Crippen LogP contribution in [-0.2, 0) is 19.3 Å². The van der Waals surface area contributed by atoms with E-state index in [0.717, 1.165) is 64.1 Å². The van der Waals surface area contributed by atoms with Crippen LogP contribution in [0.15, 0.2) is 78.9 Å². The van der Waals surface area contributed by atoms with Gasteiger partial charge in [-0.2, -0.15) is 0 Å². The maximum Gasteiger partial charge on any atom is 0.115 e. The molecule has 0 radical (unpaired) electrons. The van der Waals surface area contributed by atoms with Gasteiger partial charge in [-0.1, -0.05) is 75.4 Å². The van der Waals surface area contributed by atoms with Crippen LogP contribution in [0.2, 0.25) is 0 Å². The summed E-state index contributed by atoms with van der Waals surface area (Å²) in [4.78, 5) is 5.14. The highest BCUT2D eigenvalue weighted by molar-refractivity contribution is 5.27. The molecule has 3 aromatic rings. The maximum absolute atomic E-state index is 9.84. The summed E-state index contributed by atoms with van der Waals surface area (Å²) in [6.07, 6.45) is 2.65. The van der Waals surface area contributed by atoms with E-state index in [9.17, 15) is 10.2 Å². The third-order valence-electron chi connectivity index (χ3n) is 7.55. The van der Waals surface area contributed by atoms with Crippen molar-refractivity contribution in [1.82, 2.24) is 15.1 Å². The zero-order chi connectivity index (χ0) is 28.0. The summed E-state index contributed by atoms with van der Waals surface area (Å²) in [5, 5.41) is 23.1. The molecule has 0 aliphatic rings. The van der Waals surface area contributed by atoms with Crippen LogP contribution in [0.25, 0.3) is 0 Å². The smallest absolute Gasteiger partial charge is 0.115 e. The van der Waals surface area contributed by atoms with Crippen molar-refractivity contribution in [3.63, 3.8) is 0 Å². The number of benzene rings is 3. The number of phenolic OH excluding ortho intramolecular Hbond substituents is 2. The van der Waals surface area contributed by atoms with Gasteiger partial charge in [0.15, 0.2) is 0 Å². The van der Waals surface area contributed by atoms with Crippen LogP contribution >= 0.6 is 0 Å². The van der Waals surface area contributed by atoms with Crippen molar-refractivity contribution in [3.8, 4) is 11.5 Å². The minimum Gasteiger partial charge on any atom is -0.508 e. The van der Waals surface area contributed by atoms with Crippen molar-refractivity contribution < 1.29 is 10.2 Å². The molecule has 6 nitrogen and oxygen atoms in total. The molecule has 0 fully saturated rings. The molecule has 3 unspecified atom stereocenters. The Morgan fingerprint density at radius 2 is 1.13 bits per heavy atom. The average Bonchev–Trinajstić information content (AvgIpc) is 2.95. The molecule has 0 aromatic heterocycles. The molecule has 0 bridgehead atoms. The minimum absolute atomic E-state index is 0.0197. The molecular formula is C33H48N4O2. The Kier molecular flexibility index (Phi) is 12.8. The van der Waals surface area contributed by atoms with E-state index in [4.69, 9.17) is 5.73 Å². The highest BCUT2D eigenvalue weighted by Gasteiger charge is 2.26. The van der Waals surface area contributed by atoms with Crippen LogP contribution in [0.3, 0.4) is 0 Å². The van der Waals surface area contributed by atoms with Crippen molar-refractivity contribution in [3.05, 3.63) is 95.6 Å². The number of hydrogen-bond donors (Lipinski definition) is 4. The number of aromatic hydroxyl groups is 2. The molecule has 6 heteroatoms. The maximum atomic E-state index is 9.84. The van der Waals surface area contributed by atoms with Crippen LogP contribution in [0, 0.1) is 0 Å². The second kappa shape index (κ2) is 16.3. The molecule has 0 heterocycles. The molecule has 0 saturated heterocycles. The average molecular weight is 533 g/mol. The highest BCUT2D eigenvalue weighted by atomic mass is 16.3. The molecule has 0 amide bonds. The summed E-state index contributed by atoms with van der Waals surface area (Å²) in [6, 6.07) is 26.4. The Hall–Kier alpha value is -2.90. The second-order valence-corrected chi connectivity index (χ2v) is 10.5. The van der Waals surface area contributed by atoms with Crippen LogP contribution < -0.4 is 11.1 Å². The first-order valence-electron chi connectivity index (χ1n) is 14.5. The number of nitrogens with one attached hydrogen (secondary N) is 1. The summed E-state index contributed by atoms with van der Waals surface area (Å²) in [5.74, 6) is 0.570. The third kappa shape index (κ3) is 10.3. The van der Waals surface area contributed by atoms with Gasteiger partial charge in [0.25, 0.3) is 0 Å². The highest BCUT2D eigenvalue weighted by Crippen LogP contribution is 2.18. The largest absolute Gasteiger partial charge is 0.508 e. The Labute approximate surface area is 235 Å². The Bertz CT molecular complexity index is 1060. The molecule has 3 atom stereocenters. The predicted molar refractivity (Wildman–Crippen MR) is 162 cm³/mol. The lowest BCUT2D eigenvalue weighted by Crippen LogP contribution is -2.53. The molecule has 39 heavy (non-hydrogen) atoms. The Morgan fingerprint density at radius 3 is 1.67 bits per heavy atom. The summed E-state index contributed by atoms with van der Waals surface area (Å²) >= 11 is 0. The van der Waals surface area contributed by atoms with Gasteiger partial charge in [0.2, 0.25) is 0 Å². The number of hydrogen-bond acceptors (Lipinski definition) is 6. The van der Waals surface area contributed by atoms with E-state index in [0.29, 0.717) is 11.8 Å². The zero-order valence-corrected chi connectivity index (χ0v) is 24.0. The van der Waals surface area contributed by atoms with Crippen molar-refractivity contribution in [1.29, 1.82) is 0 Å². The van der Waals surface area contributed by atoms with E-state index in [1.54, 1.807) is 24.3 Å². The van der Waals surface area contributed by atoms with Gasteiger partial charge in [0.05, 0.1) is 0 Å². The van der Waals surface area contributed by atoms with Crippen molar-refractivity contribution in [2.75, 3.05) is 39.3 Å². The van der Waals surface area contributed by atoms with Crippen molar-refractivity contribution >= 4 is 0 Å². The van der Waals surface area contributed by atoms with E-state index < -0.39 is 0 Å². The second-order valence-electron chi connectivity index (χ2n) is 10.5. The Morgan fingerprint density at radius 1 is 0.641 bits per heavy atom. The number of rotatable bonds is 17. The van der Waals surface area contributed by atoms with Gasteiger partial charge in [-0.15, -0.1) is 0 Å². The third-order valence-corrected chi connectivity index (χ3v) is 7.55. The summed E-state index contributed by atoms with van der Waals surface area (Å²) in [7, 11) is 0. The summed E-state index contributed by atoms with van der Waals surface area (Å²) in [6.45, 7) is 12.1. The predicted octanol–water partition coefficient (Wildman–Crippen LogP) is 4.44. The molecular weight excluding hydrogens is 484 g/mol. The van der Waals surface area contributed by atoms with Gasteiger partial charge in [0, 0.05) is 37.8 Å². The van der Waals surface area contributed by atoms with Crippen LogP contribution in [-0.4, -0.2) is 77.4 Å². The first-order chi connectivity index (χ1) is 18.9. The van der Waals surface area contributed by atoms with Gasteiger partial charge in [-0.25, -0.2) is 0 Å². The fourth-order valence-electron chi connectivity index (χ4n) is 5.38. The fourth-order valence-corrected chi connectivity index (χ4v) is 5.38. The number of phenols is 2. The van der Waals surface area contributed by atoms with Crippen LogP contribution in [0.4, 0.5) is 0 Å². The molecule has 0 aliphatic carbocycles. The van der Waals surface area contributed by atoms with E-state index in [1.165, 1.54) is 11.1 Å². The molecule has 0 spiro atoms. The molecule has 212 valence electrons. The molecule has 0 aliphatic heterocycles. The van der Waals surface area contributed by atoms with Gasteiger partial charge in [-0.05, 0) is 79.9 Å². The molecule has 0 saturated carbocycles. The molecule has 5 N–H and O–H groups in total. The first-order valence-corrected chi connectivity index (χ1v) is 14.5. The number of likely N-dealkylation sites (N-methyl/N-ethyl adjacent to an activating group) is 3. The van der Waals surface area contributed by atoms with Crippen LogP contribution in [0.5, 0.6) is 11.5 Å². The number of nitrogens with zero attached hydrogens (tertiary/aromatic N) is 2. The SMILES string of the molecule is CCNCC(Cc1ccccc1)N(CC)CC(Cc1ccc(O)cc1)N(CC)CC(N)Cc1ccc(O)cc1.